The molecule has 2 aromatic heterocycles. The van der Waals surface area contributed by atoms with Gasteiger partial charge in [0.25, 0.3) is 0 Å². The van der Waals surface area contributed by atoms with Crippen LogP contribution < -0.4 is 14.8 Å². The Labute approximate surface area is 198 Å². The fourth-order valence-corrected chi connectivity index (χ4v) is 3.61. The Morgan fingerprint density at radius 2 is 2.03 bits per heavy atom. The molecule has 0 aliphatic heterocycles. The zero-order valence-corrected chi connectivity index (χ0v) is 19.3. The van der Waals surface area contributed by atoms with Crippen LogP contribution >= 0.6 is 35.8 Å². The lowest BCUT2D eigenvalue weighted by Gasteiger charge is -2.14. The van der Waals surface area contributed by atoms with Crippen molar-refractivity contribution in [1.29, 1.82) is 0 Å². The lowest BCUT2D eigenvalue weighted by atomic mass is 10.2. The van der Waals surface area contributed by atoms with Crippen LogP contribution in [0, 0.1) is 5.82 Å². The lowest BCUT2D eigenvalue weighted by Crippen LogP contribution is -2.04. The SMILES string of the molecule is COc1cc2c(Nc3ccc(Cl)cc3F)ncnc2cc1OCCSc1nnnn1C.Cl. The summed E-state index contributed by atoms with van der Waals surface area (Å²) in [6, 6.07) is 7.88. The number of aromatic nitrogens is 6. The van der Waals surface area contributed by atoms with E-state index in [1.165, 1.54) is 24.2 Å². The molecule has 1 N–H and O–H groups in total. The third-order valence-electron chi connectivity index (χ3n) is 4.26. The summed E-state index contributed by atoms with van der Waals surface area (Å²) in [6.45, 7) is 0.408. The average Bonchev–Trinajstić information content (AvgIpc) is 3.17. The number of anilines is 2. The second-order valence-electron chi connectivity index (χ2n) is 6.27. The van der Waals surface area contributed by atoms with Gasteiger partial charge >= 0.3 is 0 Å². The molecule has 0 atom stereocenters. The quantitative estimate of drug-likeness (QED) is 0.282. The fourth-order valence-electron chi connectivity index (χ4n) is 2.78. The number of nitrogens with zero attached hydrogens (tertiary/aromatic N) is 6. The number of hydrogen-bond acceptors (Lipinski definition) is 9. The number of methoxy groups -OCH3 is 1. The minimum absolute atomic E-state index is 0. The number of tetrazole rings is 1. The Balaban J connectivity index is 0.00000289. The summed E-state index contributed by atoms with van der Waals surface area (Å²) in [5.41, 5.74) is 0.867. The molecule has 0 amide bonds. The number of nitrogens with one attached hydrogen (secondary N) is 1. The molecule has 9 nitrogen and oxygen atoms in total. The molecule has 0 saturated carbocycles. The first kappa shape index (κ1) is 23.8. The van der Waals surface area contributed by atoms with Crippen molar-refractivity contribution in [1.82, 2.24) is 30.2 Å². The van der Waals surface area contributed by atoms with Gasteiger partial charge in [-0.15, -0.1) is 17.5 Å². The molecule has 0 radical (unpaired) electrons. The molecule has 0 saturated heterocycles. The van der Waals surface area contributed by atoms with Crippen LogP contribution in [0.4, 0.5) is 15.9 Å². The highest BCUT2D eigenvalue weighted by atomic mass is 35.5. The van der Waals surface area contributed by atoms with Crippen LogP contribution in [0.3, 0.4) is 0 Å². The third-order valence-corrected chi connectivity index (χ3v) is 5.47. The Morgan fingerprint density at radius 3 is 2.75 bits per heavy atom. The Hall–Kier alpha value is -2.89. The van der Waals surface area contributed by atoms with Gasteiger partial charge in [-0.1, -0.05) is 23.4 Å². The van der Waals surface area contributed by atoms with Crippen LogP contribution in [0.1, 0.15) is 0 Å². The number of halogens is 3. The molecule has 0 unspecified atom stereocenters. The van der Waals surface area contributed by atoms with Crippen molar-refractivity contribution in [3.8, 4) is 11.5 Å². The van der Waals surface area contributed by atoms with Gasteiger partial charge in [0, 0.05) is 29.3 Å². The maximum absolute atomic E-state index is 14.2. The van der Waals surface area contributed by atoms with E-state index in [0.717, 1.165) is 0 Å². The average molecular weight is 498 g/mol. The molecule has 0 fully saturated rings. The van der Waals surface area contributed by atoms with Gasteiger partial charge in [-0.3, -0.25) is 0 Å². The summed E-state index contributed by atoms with van der Waals surface area (Å²) in [5.74, 6) is 1.63. The summed E-state index contributed by atoms with van der Waals surface area (Å²) >= 11 is 7.30. The molecule has 0 aliphatic rings. The van der Waals surface area contributed by atoms with Gasteiger partial charge in [0.2, 0.25) is 5.16 Å². The van der Waals surface area contributed by atoms with E-state index in [0.29, 0.717) is 50.8 Å². The van der Waals surface area contributed by atoms with Crippen LogP contribution in [-0.2, 0) is 7.05 Å². The number of aryl methyl sites for hydroxylation is 1. The molecule has 0 spiro atoms. The summed E-state index contributed by atoms with van der Waals surface area (Å²) < 4.78 is 27.2. The van der Waals surface area contributed by atoms with Crippen molar-refractivity contribution in [2.75, 3.05) is 24.8 Å². The van der Waals surface area contributed by atoms with Crippen LogP contribution in [0.2, 0.25) is 5.02 Å². The zero-order chi connectivity index (χ0) is 21.8. The van der Waals surface area contributed by atoms with Crippen molar-refractivity contribution < 1.29 is 13.9 Å². The summed E-state index contributed by atoms with van der Waals surface area (Å²) in [6.07, 6.45) is 1.39. The molecule has 32 heavy (non-hydrogen) atoms. The second-order valence-corrected chi connectivity index (χ2v) is 7.77. The van der Waals surface area contributed by atoms with E-state index in [1.807, 2.05) is 0 Å². The number of fused-ring (bicyclic) bond motifs is 1. The Morgan fingerprint density at radius 1 is 1.19 bits per heavy atom. The van der Waals surface area contributed by atoms with Crippen LogP contribution in [0.15, 0.2) is 41.8 Å². The van der Waals surface area contributed by atoms with Crippen LogP contribution in [-0.4, -0.2) is 49.6 Å². The lowest BCUT2D eigenvalue weighted by molar-refractivity contribution is 0.314. The van der Waals surface area contributed by atoms with Crippen molar-refractivity contribution in [2.24, 2.45) is 7.05 Å². The molecule has 4 rings (SSSR count). The minimum atomic E-state index is -0.484. The number of benzene rings is 2. The highest BCUT2D eigenvalue weighted by molar-refractivity contribution is 7.99. The molecule has 4 aromatic rings. The number of hydrogen-bond donors (Lipinski definition) is 1. The molecule has 168 valence electrons. The summed E-state index contributed by atoms with van der Waals surface area (Å²) in [5, 5.41) is 16.0. The maximum Gasteiger partial charge on any atom is 0.209 e. The zero-order valence-electron chi connectivity index (χ0n) is 17.0. The molecular formula is C19H18Cl2FN7O2S. The van der Waals surface area contributed by atoms with Gasteiger partial charge < -0.3 is 14.8 Å². The molecule has 2 heterocycles. The standard InChI is InChI=1S/C19H17ClFN7O2S.ClH/c1-28-19(25-26-27-28)31-6-5-30-17-9-15-12(8-16(17)29-2)18(23-10-22-15)24-14-4-3-11(20)7-13(14)21;/h3-4,7-10H,5-6H2,1-2H3,(H,22,23,24);1H. The van der Waals surface area contributed by atoms with Crippen LogP contribution in [0.5, 0.6) is 11.5 Å². The normalized spacial score (nSPS) is 10.6. The van der Waals surface area contributed by atoms with Gasteiger partial charge in [-0.25, -0.2) is 19.0 Å². The Kier molecular flexibility index (Phi) is 7.89. The predicted molar refractivity (Wildman–Crippen MR) is 123 cm³/mol. The highest BCUT2D eigenvalue weighted by Gasteiger charge is 2.13. The predicted octanol–water partition coefficient (Wildman–Crippen LogP) is 4.29. The van der Waals surface area contributed by atoms with Crippen molar-refractivity contribution in [3.63, 3.8) is 0 Å². The molecule has 0 bridgehead atoms. The number of rotatable bonds is 8. The van der Waals surface area contributed by atoms with Gasteiger partial charge in [-0.05, 0) is 34.7 Å². The third kappa shape index (κ3) is 5.29. The molecular weight excluding hydrogens is 480 g/mol. The summed E-state index contributed by atoms with van der Waals surface area (Å²) in [4.78, 5) is 8.54. The van der Waals surface area contributed by atoms with E-state index >= 15 is 0 Å². The van der Waals surface area contributed by atoms with Crippen molar-refractivity contribution in [3.05, 3.63) is 47.5 Å². The first-order chi connectivity index (χ1) is 15.0. The molecule has 2 aromatic carbocycles. The van der Waals surface area contributed by atoms with E-state index in [2.05, 4.69) is 30.8 Å². The van der Waals surface area contributed by atoms with Gasteiger partial charge in [-0.2, -0.15) is 0 Å². The molecule has 0 aliphatic carbocycles. The van der Waals surface area contributed by atoms with E-state index in [4.69, 9.17) is 21.1 Å². The molecule has 13 heteroatoms. The summed E-state index contributed by atoms with van der Waals surface area (Å²) in [7, 11) is 3.32. The maximum atomic E-state index is 14.2. The monoisotopic (exact) mass is 497 g/mol. The van der Waals surface area contributed by atoms with Gasteiger partial charge in [0.05, 0.1) is 24.9 Å². The van der Waals surface area contributed by atoms with Crippen molar-refractivity contribution >= 4 is 58.2 Å². The minimum Gasteiger partial charge on any atom is -0.493 e. The smallest absolute Gasteiger partial charge is 0.209 e. The van der Waals surface area contributed by atoms with Gasteiger partial charge in [0.15, 0.2) is 11.5 Å². The highest BCUT2D eigenvalue weighted by Crippen LogP contribution is 2.35. The topological polar surface area (TPSA) is 99.9 Å². The van der Waals surface area contributed by atoms with E-state index in [1.54, 1.807) is 43.1 Å². The largest absolute Gasteiger partial charge is 0.493 e. The number of ether oxygens (including phenoxy) is 2. The fraction of sp³-hybridized carbons (Fsp3) is 0.211. The second kappa shape index (κ2) is 10.6. The van der Waals surface area contributed by atoms with Gasteiger partial charge in [0.1, 0.15) is 18.0 Å². The Bertz CT molecular complexity index is 1230. The van der Waals surface area contributed by atoms with Crippen molar-refractivity contribution in [2.45, 2.75) is 5.16 Å². The van der Waals surface area contributed by atoms with Crippen LogP contribution in [0.25, 0.3) is 10.9 Å². The first-order valence-electron chi connectivity index (χ1n) is 9.08. The van der Waals surface area contributed by atoms with E-state index in [9.17, 15) is 4.39 Å². The van der Waals surface area contributed by atoms with E-state index in [-0.39, 0.29) is 18.1 Å². The number of thioether (sulfide) groups is 1. The van der Waals surface area contributed by atoms with E-state index < -0.39 is 5.82 Å². The first-order valence-corrected chi connectivity index (χ1v) is 10.4.